The maximum absolute atomic E-state index is 13.0. The molecule has 0 saturated heterocycles. The predicted octanol–water partition coefficient (Wildman–Crippen LogP) is 3.70. The summed E-state index contributed by atoms with van der Waals surface area (Å²) in [5, 5.41) is 1.59. The van der Waals surface area contributed by atoms with Gasteiger partial charge in [-0.3, -0.25) is 4.79 Å². The van der Waals surface area contributed by atoms with Gasteiger partial charge in [-0.25, -0.2) is 13.2 Å². The van der Waals surface area contributed by atoms with Crippen molar-refractivity contribution in [3.63, 3.8) is 0 Å². The van der Waals surface area contributed by atoms with Gasteiger partial charge in [-0.15, -0.1) is 11.3 Å². The molecule has 0 unspecified atom stereocenters. The number of benzene rings is 1. The molecule has 0 N–H and O–H groups in total. The third-order valence-electron chi connectivity index (χ3n) is 2.24. The van der Waals surface area contributed by atoms with Gasteiger partial charge < -0.3 is 0 Å². The lowest BCUT2D eigenvalue weighted by Crippen LogP contribution is -2.03. The minimum Gasteiger partial charge on any atom is -0.289 e. The molecule has 2 aromatic rings. The van der Waals surface area contributed by atoms with Gasteiger partial charge in [-0.05, 0) is 25.1 Å². The van der Waals surface area contributed by atoms with Gasteiger partial charge in [0.1, 0.15) is 0 Å². The Labute approximate surface area is 99.5 Å². The molecule has 0 aliphatic heterocycles. The van der Waals surface area contributed by atoms with Crippen LogP contribution in [0.4, 0.5) is 13.2 Å². The van der Waals surface area contributed by atoms with Crippen molar-refractivity contribution in [1.29, 1.82) is 0 Å². The molecular weight excluding hydrogens is 249 g/mol. The number of ketones is 1. The van der Waals surface area contributed by atoms with Gasteiger partial charge in [-0.1, -0.05) is 0 Å². The molecule has 88 valence electrons. The molecule has 0 fully saturated rings. The smallest absolute Gasteiger partial charge is 0.194 e. The number of carbonyl (C=O) groups is 1. The minimum atomic E-state index is -1.57. The molecule has 17 heavy (non-hydrogen) atoms. The third-order valence-corrected chi connectivity index (χ3v) is 3.10. The summed E-state index contributed by atoms with van der Waals surface area (Å²) in [4.78, 5) is 12.7. The standard InChI is InChI=1S/C12H7F3OS/c1-6-2-8(5-17-6)12(16)7-3-9(13)11(15)10(14)4-7/h2-5H,1H3. The van der Waals surface area contributed by atoms with Crippen molar-refractivity contribution in [2.45, 2.75) is 6.92 Å². The quantitative estimate of drug-likeness (QED) is 0.591. The topological polar surface area (TPSA) is 17.1 Å². The average molecular weight is 256 g/mol. The zero-order valence-corrected chi connectivity index (χ0v) is 9.58. The van der Waals surface area contributed by atoms with Crippen LogP contribution >= 0.6 is 11.3 Å². The van der Waals surface area contributed by atoms with E-state index in [9.17, 15) is 18.0 Å². The molecule has 2 rings (SSSR count). The summed E-state index contributed by atoms with van der Waals surface area (Å²) in [6, 6.07) is 3.02. The molecule has 1 heterocycles. The number of carbonyl (C=O) groups excluding carboxylic acids is 1. The van der Waals surface area contributed by atoms with E-state index in [0.29, 0.717) is 17.7 Å². The van der Waals surface area contributed by atoms with Crippen LogP contribution in [0.1, 0.15) is 20.8 Å². The third kappa shape index (κ3) is 2.24. The van der Waals surface area contributed by atoms with E-state index in [2.05, 4.69) is 0 Å². The molecule has 0 aliphatic rings. The van der Waals surface area contributed by atoms with Crippen LogP contribution in [0.25, 0.3) is 0 Å². The van der Waals surface area contributed by atoms with Gasteiger partial charge in [0.15, 0.2) is 23.2 Å². The molecule has 5 heteroatoms. The van der Waals surface area contributed by atoms with Crippen molar-refractivity contribution >= 4 is 17.1 Å². The summed E-state index contributed by atoms with van der Waals surface area (Å²) in [5.41, 5.74) is 0.150. The Morgan fingerprint density at radius 3 is 2.12 bits per heavy atom. The minimum absolute atomic E-state index is 0.195. The summed E-state index contributed by atoms with van der Waals surface area (Å²) in [5.74, 6) is -4.81. The van der Waals surface area contributed by atoms with E-state index < -0.39 is 23.2 Å². The Kier molecular flexibility index (Phi) is 3.02. The first-order valence-corrected chi connectivity index (χ1v) is 5.61. The molecule has 0 bridgehead atoms. The van der Waals surface area contributed by atoms with Crippen LogP contribution in [0.15, 0.2) is 23.6 Å². The maximum Gasteiger partial charge on any atom is 0.194 e. The highest BCUT2D eigenvalue weighted by molar-refractivity contribution is 7.10. The summed E-state index contributed by atoms with van der Waals surface area (Å²) >= 11 is 1.36. The van der Waals surface area contributed by atoms with Crippen molar-refractivity contribution in [3.8, 4) is 0 Å². The molecule has 0 aliphatic carbocycles. The van der Waals surface area contributed by atoms with Crippen LogP contribution in [0.2, 0.25) is 0 Å². The van der Waals surface area contributed by atoms with E-state index in [1.54, 1.807) is 11.4 Å². The zero-order chi connectivity index (χ0) is 12.6. The normalized spacial score (nSPS) is 10.6. The van der Waals surface area contributed by atoms with Crippen molar-refractivity contribution < 1.29 is 18.0 Å². The summed E-state index contributed by atoms with van der Waals surface area (Å²) in [7, 11) is 0. The highest BCUT2D eigenvalue weighted by atomic mass is 32.1. The molecule has 0 atom stereocenters. The lowest BCUT2D eigenvalue weighted by molar-refractivity contribution is 0.103. The molecular formula is C12H7F3OS. The first-order valence-electron chi connectivity index (χ1n) is 4.73. The SMILES string of the molecule is Cc1cc(C(=O)c2cc(F)c(F)c(F)c2)cs1. The van der Waals surface area contributed by atoms with Crippen molar-refractivity contribution in [2.75, 3.05) is 0 Å². The summed E-state index contributed by atoms with van der Waals surface area (Å²) in [6.07, 6.45) is 0. The van der Waals surface area contributed by atoms with Gasteiger partial charge in [0.2, 0.25) is 0 Å². The fraction of sp³-hybridized carbons (Fsp3) is 0.0833. The number of thiophene rings is 1. The lowest BCUT2D eigenvalue weighted by Gasteiger charge is -2.01. The largest absolute Gasteiger partial charge is 0.289 e. The molecule has 0 amide bonds. The Morgan fingerprint density at radius 1 is 1.06 bits per heavy atom. The van der Waals surface area contributed by atoms with E-state index >= 15 is 0 Å². The summed E-state index contributed by atoms with van der Waals surface area (Å²) < 4.78 is 38.6. The first-order chi connectivity index (χ1) is 7.99. The highest BCUT2D eigenvalue weighted by Crippen LogP contribution is 2.20. The van der Waals surface area contributed by atoms with Crippen molar-refractivity contribution in [3.05, 3.63) is 57.0 Å². The van der Waals surface area contributed by atoms with Crippen LogP contribution in [0.3, 0.4) is 0 Å². The molecule has 0 saturated carbocycles. The second kappa shape index (κ2) is 4.33. The second-order valence-corrected chi connectivity index (χ2v) is 4.64. The Balaban J connectivity index is 2.44. The molecule has 0 spiro atoms. The van der Waals surface area contributed by atoms with Crippen molar-refractivity contribution in [2.24, 2.45) is 0 Å². The van der Waals surface area contributed by atoms with Crippen molar-refractivity contribution in [1.82, 2.24) is 0 Å². The van der Waals surface area contributed by atoms with Crippen LogP contribution < -0.4 is 0 Å². The van der Waals surface area contributed by atoms with Gasteiger partial charge in [0.05, 0.1) is 0 Å². The van der Waals surface area contributed by atoms with Crippen LogP contribution in [0, 0.1) is 24.4 Å². The van der Waals surface area contributed by atoms with Crippen LogP contribution in [0.5, 0.6) is 0 Å². The van der Waals surface area contributed by atoms with Gasteiger partial charge in [0.25, 0.3) is 0 Å². The van der Waals surface area contributed by atoms with Gasteiger partial charge >= 0.3 is 0 Å². The number of hydrogen-bond acceptors (Lipinski definition) is 2. The number of aryl methyl sites for hydroxylation is 1. The van der Waals surface area contributed by atoms with Crippen LogP contribution in [-0.4, -0.2) is 5.78 Å². The monoisotopic (exact) mass is 256 g/mol. The first kappa shape index (κ1) is 11.9. The fourth-order valence-electron chi connectivity index (χ4n) is 1.42. The fourth-order valence-corrected chi connectivity index (χ4v) is 2.10. The average Bonchev–Trinajstić information content (AvgIpc) is 2.71. The summed E-state index contributed by atoms with van der Waals surface area (Å²) in [6.45, 7) is 1.81. The Morgan fingerprint density at radius 2 is 1.65 bits per heavy atom. The number of halogens is 3. The van der Waals surface area contributed by atoms with E-state index in [-0.39, 0.29) is 5.56 Å². The number of hydrogen-bond donors (Lipinski definition) is 0. The lowest BCUT2D eigenvalue weighted by atomic mass is 10.1. The van der Waals surface area contributed by atoms with E-state index in [0.717, 1.165) is 4.88 Å². The van der Waals surface area contributed by atoms with E-state index in [4.69, 9.17) is 0 Å². The maximum atomic E-state index is 13.0. The van der Waals surface area contributed by atoms with E-state index in [1.165, 1.54) is 11.3 Å². The van der Waals surface area contributed by atoms with Gasteiger partial charge in [-0.2, -0.15) is 0 Å². The highest BCUT2D eigenvalue weighted by Gasteiger charge is 2.16. The molecule has 1 aromatic carbocycles. The van der Waals surface area contributed by atoms with Gasteiger partial charge in [0, 0.05) is 21.4 Å². The predicted molar refractivity (Wildman–Crippen MR) is 58.8 cm³/mol. The van der Waals surface area contributed by atoms with Crippen LogP contribution in [-0.2, 0) is 0 Å². The Bertz CT molecular complexity index is 566. The van der Waals surface area contributed by atoms with E-state index in [1.807, 2.05) is 6.92 Å². The number of rotatable bonds is 2. The second-order valence-electron chi connectivity index (χ2n) is 3.53. The zero-order valence-electron chi connectivity index (χ0n) is 8.76. The Hall–Kier alpha value is -1.62. The molecule has 1 aromatic heterocycles. The molecule has 1 nitrogen and oxygen atoms in total. The molecule has 0 radical (unpaired) electrons.